The molecule has 1 unspecified atom stereocenters. The monoisotopic (exact) mass is 308 g/mol. The lowest BCUT2D eigenvalue weighted by Crippen LogP contribution is -2.53. The summed E-state index contributed by atoms with van der Waals surface area (Å²) in [6.07, 6.45) is 9.05. The fourth-order valence-corrected chi connectivity index (χ4v) is 3.99. The second-order valence-electron chi connectivity index (χ2n) is 6.50. The van der Waals surface area contributed by atoms with Crippen molar-refractivity contribution < 1.29 is 0 Å². The zero-order valence-electron chi connectivity index (χ0n) is 13.4. The summed E-state index contributed by atoms with van der Waals surface area (Å²) in [6, 6.07) is 8.47. The molecule has 0 aromatic heterocycles. The lowest BCUT2D eigenvalue weighted by molar-refractivity contribution is 0.0584. The van der Waals surface area contributed by atoms with Crippen molar-refractivity contribution in [3.8, 4) is 0 Å². The van der Waals surface area contributed by atoms with Gasteiger partial charge in [-0.05, 0) is 38.4 Å². The minimum Gasteiger partial charge on any atom is -0.329 e. The topological polar surface area (TPSA) is 29.3 Å². The normalized spacial score (nSPS) is 20.8. The van der Waals surface area contributed by atoms with E-state index in [9.17, 15) is 0 Å². The molecule has 1 atom stereocenters. The molecular formula is C18H29ClN2. The minimum atomic E-state index is 0.124. The van der Waals surface area contributed by atoms with E-state index in [1.54, 1.807) is 0 Å². The van der Waals surface area contributed by atoms with E-state index in [-0.39, 0.29) is 5.54 Å². The van der Waals surface area contributed by atoms with Gasteiger partial charge in [0.2, 0.25) is 0 Å². The number of hydrogen-bond donors (Lipinski definition) is 1. The van der Waals surface area contributed by atoms with Crippen LogP contribution < -0.4 is 5.73 Å². The molecule has 3 heteroatoms. The van der Waals surface area contributed by atoms with Crippen molar-refractivity contribution in [2.45, 2.75) is 63.5 Å². The molecule has 2 nitrogen and oxygen atoms in total. The third-order valence-corrected chi connectivity index (χ3v) is 5.69. The van der Waals surface area contributed by atoms with Crippen LogP contribution in [0.3, 0.4) is 0 Å². The second kappa shape index (κ2) is 7.62. The summed E-state index contributed by atoms with van der Waals surface area (Å²) in [6.45, 7) is 2.98. The smallest absolute Gasteiger partial charge is 0.0453 e. The Labute approximate surface area is 134 Å². The molecular weight excluding hydrogens is 280 g/mol. The first-order valence-corrected chi connectivity index (χ1v) is 8.66. The minimum absolute atomic E-state index is 0.124. The zero-order chi connectivity index (χ0) is 15.3. The number of nitrogens with zero attached hydrogens (tertiary/aromatic N) is 1. The van der Waals surface area contributed by atoms with Crippen molar-refractivity contribution in [1.82, 2.24) is 4.90 Å². The highest BCUT2D eigenvalue weighted by atomic mass is 35.5. The summed E-state index contributed by atoms with van der Waals surface area (Å²) in [5.41, 5.74) is 7.57. The van der Waals surface area contributed by atoms with Crippen molar-refractivity contribution in [3.05, 3.63) is 34.9 Å². The van der Waals surface area contributed by atoms with Gasteiger partial charge in [-0.1, -0.05) is 61.9 Å². The van der Waals surface area contributed by atoms with E-state index >= 15 is 0 Å². The third-order valence-electron chi connectivity index (χ3n) is 5.35. The molecule has 1 aliphatic carbocycles. The maximum Gasteiger partial charge on any atom is 0.0453 e. The molecule has 0 amide bonds. The highest BCUT2D eigenvalue weighted by molar-refractivity contribution is 6.31. The fourth-order valence-electron chi connectivity index (χ4n) is 3.70. The van der Waals surface area contributed by atoms with E-state index in [1.165, 1.54) is 50.5 Å². The van der Waals surface area contributed by atoms with E-state index in [0.29, 0.717) is 6.04 Å². The third kappa shape index (κ3) is 3.80. The number of rotatable bonds is 4. The molecule has 0 bridgehead atoms. The van der Waals surface area contributed by atoms with Crippen LogP contribution in [0.15, 0.2) is 24.3 Å². The van der Waals surface area contributed by atoms with Crippen molar-refractivity contribution in [2.75, 3.05) is 13.6 Å². The SMILES string of the molecule is CC(c1ccccc1Cl)N(C)C1(CN)CCCCCCC1. The quantitative estimate of drug-likeness (QED) is 0.867. The summed E-state index contributed by atoms with van der Waals surface area (Å²) in [7, 11) is 2.22. The van der Waals surface area contributed by atoms with E-state index in [2.05, 4.69) is 31.0 Å². The first kappa shape index (κ1) is 16.8. The van der Waals surface area contributed by atoms with Gasteiger partial charge in [0, 0.05) is 23.1 Å². The van der Waals surface area contributed by atoms with E-state index in [0.717, 1.165) is 11.6 Å². The van der Waals surface area contributed by atoms with Gasteiger partial charge in [0.1, 0.15) is 0 Å². The Bertz CT molecular complexity index is 439. The van der Waals surface area contributed by atoms with Gasteiger partial charge in [-0.15, -0.1) is 0 Å². The molecule has 118 valence electrons. The molecule has 0 spiro atoms. The number of benzene rings is 1. The van der Waals surface area contributed by atoms with Crippen LogP contribution in [0.5, 0.6) is 0 Å². The average Bonchev–Trinajstić information content (AvgIpc) is 2.47. The standard InChI is InChI=1S/C18H29ClN2/c1-15(16-10-6-7-11-17(16)19)21(2)18(14-20)12-8-4-3-5-9-13-18/h6-7,10-11,15H,3-5,8-9,12-14,20H2,1-2H3. The van der Waals surface area contributed by atoms with Crippen LogP contribution >= 0.6 is 11.6 Å². The van der Waals surface area contributed by atoms with Crippen LogP contribution in [0.1, 0.15) is 63.5 Å². The molecule has 1 aromatic rings. The van der Waals surface area contributed by atoms with Crippen LogP contribution in [0, 0.1) is 0 Å². The van der Waals surface area contributed by atoms with Crippen LogP contribution in [0.4, 0.5) is 0 Å². The Balaban J connectivity index is 2.21. The molecule has 2 rings (SSSR count). The molecule has 0 heterocycles. The summed E-state index contributed by atoms with van der Waals surface area (Å²) < 4.78 is 0. The summed E-state index contributed by atoms with van der Waals surface area (Å²) in [4.78, 5) is 2.49. The van der Waals surface area contributed by atoms with E-state index in [1.807, 2.05) is 12.1 Å². The summed E-state index contributed by atoms with van der Waals surface area (Å²) >= 11 is 6.39. The van der Waals surface area contributed by atoms with Crippen molar-refractivity contribution >= 4 is 11.6 Å². The highest BCUT2D eigenvalue weighted by Crippen LogP contribution is 2.37. The van der Waals surface area contributed by atoms with Gasteiger partial charge in [0.15, 0.2) is 0 Å². The molecule has 0 radical (unpaired) electrons. The maximum absolute atomic E-state index is 6.39. The summed E-state index contributed by atoms with van der Waals surface area (Å²) in [5, 5.41) is 0.856. The van der Waals surface area contributed by atoms with Crippen LogP contribution in [0.25, 0.3) is 0 Å². The molecule has 1 aromatic carbocycles. The van der Waals surface area contributed by atoms with E-state index < -0.39 is 0 Å². The first-order valence-electron chi connectivity index (χ1n) is 8.28. The lowest BCUT2D eigenvalue weighted by Gasteiger charge is -2.46. The van der Waals surface area contributed by atoms with Gasteiger partial charge < -0.3 is 5.73 Å². The zero-order valence-corrected chi connectivity index (χ0v) is 14.2. The van der Waals surface area contributed by atoms with Gasteiger partial charge in [-0.3, -0.25) is 4.90 Å². The largest absolute Gasteiger partial charge is 0.329 e. The average molecular weight is 309 g/mol. The van der Waals surface area contributed by atoms with E-state index in [4.69, 9.17) is 17.3 Å². The molecule has 2 N–H and O–H groups in total. The molecule has 1 aliphatic rings. The van der Waals surface area contributed by atoms with Gasteiger partial charge in [-0.2, -0.15) is 0 Å². The van der Waals surface area contributed by atoms with Gasteiger partial charge in [0.25, 0.3) is 0 Å². The molecule has 0 saturated heterocycles. The van der Waals surface area contributed by atoms with Crippen LogP contribution in [0.2, 0.25) is 5.02 Å². The Kier molecular flexibility index (Phi) is 6.09. The second-order valence-corrected chi connectivity index (χ2v) is 6.91. The number of hydrogen-bond acceptors (Lipinski definition) is 2. The predicted molar refractivity (Wildman–Crippen MR) is 91.7 cm³/mol. The Hall–Kier alpha value is -0.570. The van der Waals surface area contributed by atoms with Crippen molar-refractivity contribution in [3.63, 3.8) is 0 Å². The Morgan fingerprint density at radius 1 is 1.14 bits per heavy atom. The molecule has 21 heavy (non-hydrogen) atoms. The summed E-state index contributed by atoms with van der Waals surface area (Å²) in [5.74, 6) is 0. The number of halogens is 1. The van der Waals surface area contributed by atoms with Gasteiger partial charge in [-0.25, -0.2) is 0 Å². The number of nitrogens with two attached hydrogens (primary N) is 1. The first-order chi connectivity index (χ1) is 10.1. The Morgan fingerprint density at radius 2 is 1.71 bits per heavy atom. The van der Waals surface area contributed by atoms with Crippen LogP contribution in [-0.4, -0.2) is 24.0 Å². The van der Waals surface area contributed by atoms with Gasteiger partial charge >= 0.3 is 0 Å². The maximum atomic E-state index is 6.39. The fraction of sp³-hybridized carbons (Fsp3) is 0.667. The van der Waals surface area contributed by atoms with Gasteiger partial charge in [0.05, 0.1) is 0 Å². The molecule has 1 saturated carbocycles. The molecule has 1 fully saturated rings. The Morgan fingerprint density at radius 3 is 2.29 bits per heavy atom. The lowest BCUT2D eigenvalue weighted by atomic mass is 9.81. The predicted octanol–water partition coefficient (Wildman–Crippen LogP) is 4.77. The van der Waals surface area contributed by atoms with Crippen molar-refractivity contribution in [1.29, 1.82) is 0 Å². The van der Waals surface area contributed by atoms with Crippen molar-refractivity contribution in [2.24, 2.45) is 5.73 Å². The van der Waals surface area contributed by atoms with Crippen LogP contribution in [-0.2, 0) is 0 Å². The molecule has 0 aliphatic heterocycles. The highest BCUT2D eigenvalue weighted by Gasteiger charge is 2.36. The number of likely N-dealkylation sites (N-methyl/N-ethyl adjacent to an activating group) is 1.